The van der Waals surface area contributed by atoms with Gasteiger partial charge in [-0.05, 0) is 48.9 Å². The molecule has 0 radical (unpaired) electrons. The van der Waals surface area contributed by atoms with Gasteiger partial charge in [-0.1, -0.05) is 45.4 Å². The molecule has 19 heavy (non-hydrogen) atoms. The molecule has 108 valence electrons. The van der Waals surface area contributed by atoms with Crippen LogP contribution in [0.3, 0.4) is 0 Å². The van der Waals surface area contributed by atoms with Gasteiger partial charge in [-0.2, -0.15) is 0 Å². The Balaban J connectivity index is 2.65. The fraction of sp³-hybridized carbons (Fsp3) is 0.625. The standard InChI is InChI=1S/C16H25ClFN/c1-5-10-19-15(16(2,3)4)9-7-12-6-8-13(17)11-14(12)18/h6,8,11,15,19H,5,7,9-10H2,1-4H3. The van der Waals surface area contributed by atoms with Gasteiger partial charge in [0.25, 0.3) is 0 Å². The summed E-state index contributed by atoms with van der Waals surface area (Å²) in [7, 11) is 0. The van der Waals surface area contributed by atoms with E-state index in [2.05, 4.69) is 33.0 Å². The zero-order valence-corrected chi connectivity index (χ0v) is 13.1. The molecule has 0 bridgehead atoms. The van der Waals surface area contributed by atoms with Gasteiger partial charge in [-0.3, -0.25) is 0 Å². The highest BCUT2D eigenvalue weighted by Gasteiger charge is 2.23. The van der Waals surface area contributed by atoms with Crippen LogP contribution in [0.15, 0.2) is 18.2 Å². The predicted octanol–water partition coefficient (Wildman–Crippen LogP) is 4.83. The molecule has 1 aromatic carbocycles. The van der Waals surface area contributed by atoms with Crippen molar-refractivity contribution in [1.82, 2.24) is 5.32 Å². The second-order valence-corrected chi connectivity index (χ2v) is 6.58. The van der Waals surface area contributed by atoms with Crippen molar-refractivity contribution in [3.63, 3.8) is 0 Å². The van der Waals surface area contributed by atoms with Crippen molar-refractivity contribution in [2.75, 3.05) is 6.54 Å². The number of nitrogens with one attached hydrogen (secondary N) is 1. The van der Waals surface area contributed by atoms with Crippen molar-refractivity contribution in [2.45, 2.75) is 53.0 Å². The molecule has 3 heteroatoms. The Morgan fingerprint density at radius 2 is 2.00 bits per heavy atom. The molecule has 1 aromatic rings. The second-order valence-electron chi connectivity index (χ2n) is 6.15. The maximum atomic E-state index is 13.7. The highest BCUT2D eigenvalue weighted by Crippen LogP contribution is 2.24. The quantitative estimate of drug-likeness (QED) is 0.790. The van der Waals surface area contributed by atoms with Crippen LogP contribution in [-0.4, -0.2) is 12.6 Å². The summed E-state index contributed by atoms with van der Waals surface area (Å²) in [6.07, 6.45) is 2.78. The minimum atomic E-state index is -0.198. The molecule has 0 fully saturated rings. The van der Waals surface area contributed by atoms with Crippen LogP contribution in [0.5, 0.6) is 0 Å². The SMILES string of the molecule is CCCNC(CCc1ccc(Cl)cc1F)C(C)(C)C. The summed E-state index contributed by atoms with van der Waals surface area (Å²) in [5, 5.41) is 4.02. The van der Waals surface area contributed by atoms with Crippen LogP contribution in [0, 0.1) is 11.2 Å². The molecule has 1 atom stereocenters. The van der Waals surface area contributed by atoms with E-state index < -0.39 is 0 Å². The first-order chi connectivity index (χ1) is 8.84. The molecule has 0 aromatic heterocycles. The lowest BCUT2D eigenvalue weighted by atomic mass is 9.83. The zero-order chi connectivity index (χ0) is 14.5. The first-order valence-corrected chi connectivity index (χ1v) is 7.39. The van der Waals surface area contributed by atoms with Crippen molar-refractivity contribution < 1.29 is 4.39 Å². The molecule has 0 saturated heterocycles. The van der Waals surface area contributed by atoms with Crippen LogP contribution >= 0.6 is 11.6 Å². The molecule has 1 N–H and O–H groups in total. The van der Waals surface area contributed by atoms with Gasteiger partial charge in [0.2, 0.25) is 0 Å². The molecule has 0 saturated carbocycles. The van der Waals surface area contributed by atoms with E-state index in [-0.39, 0.29) is 11.2 Å². The Morgan fingerprint density at radius 1 is 1.32 bits per heavy atom. The van der Waals surface area contributed by atoms with Gasteiger partial charge in [0.05, 0.1) is 0 Å². The maximum Gasteiger partial charge on any atom is 0.127 e. The van der Waals surface area contributed by atoms with E-state index >= 15 is 0 Å². The molecular weight excluding hydrogens is 261 g/mol. The number of rotatable bonds is 6. The van der Waals surface area contributed by atoms with Gasteiger partial charge in [-0.25, -0.2) is 4.39 Å². The molecule has 0 aliphatic heterocycles. The minimum absolute atomic E-state index is 0.179. The van der Waals surface area contributed by atoms with Gasteiger partial charge in [0, 0.05) is 11.1 Å². The summed E-state index contributed by atoms with van der Waals surface area (Å²) in [5.41, 5.74) is 0.926. The molecule has 1 nitrogen and oxygen atoms in total. The molecular formula is C16H25ClFN. The predicted molar refractivity (Wildman–Crippen MR) is 81.3 cm³/mol. The second kappa shape index (κ2) is 7.25. The van der Waals surface area contributed by atoms with E-state index in [9.17, 15) is 4.39 Å². The van der Waals surface area contributed by atoms with Crippen molar-refractivity contribution in [3.05, 3.63) is 34.6 Å². The Hall–Kier alpha value is -0.600. The normalized spacial score (nSPS) is 13.6. The highest BCUT2D eigenvalue weighted by molar-refractivity contribution is 6.30. The van der Waals surface area contributed by atoms with Crippen LogP contribution in [0.2, 0.25) is 5.02 Å². The number of benzene rings is 1. The lowest BCUT2D eigenvalue weighted by Crippen LogP contribution is -2.41. The summed E-state index contributed by atoms with van der Waals surface area (Å²) >= 11 is 5.77. The van der Waals surface area contributed by atoms with Crippen molar-refractivity contribution in [1.29, 1.82) is 0 Å². The largest absolute Gasteiger partial charge is 0.313 e. The van der Waals surface area contributed by atoms with E-state index in [1.165, 1.54) is 6.07 Å². The van der Waals surface area contributed by atoms with E-state index in [4.69, 9.17) is 11.6 Å². The Kier molecular flexibility index (Phi) is 6.28. The molecule has 1 unspecified atom stereocenters. The highest BCUT2D eigenvalue weighted by atomic mass is 35.5. The molecule has 0 spiro atoms. The van der Waals surface area contributed by atoms with Crippen molar-refractivity contribution in [2.24, 2.45) is 5.41 Å². The lowest BCUT2D eigenvalue weighted by molar-refractivity contribution is 0.255. The fourth-order valence-electron chi connectivity index (χ4n) is 2.18. The first-order valence-electron chi connectivity index (χ1n) is 7.02. The molecule has 0 aliphatic rings. The van der Waals surface area contributed by atoms with Crippen LogP contribution in [0.1, 0.15) is 46.1 Å². The third-order valence-electron chi connectivity index (χ3n) is 3.40. The minimum Gasteiger partial charge on any atom is -0.313 e. The van der Waals surface area contributed by atoms with Crippen LogP contribution in [-0.2, 0) is 6.42 Å². The lowest BCUT2D eigenvalue weighted by Gasteiger charge is -2.32. The van der Waals surface area contributed by atoms with Crippen LogP contribution in [0.25, 0.3) is 0 Å². The molecule has 0 heterocycles. The maximum absolute atomic E-state index is 13.7. The molecule has 1 rings (SSSR count). The third kappa shape index (κ3) is 5.50. The van der Waals surface area contributed by atoms with E-state index in [0.717, 1.165) is 31.4 Å². The topological polar surface area (TPSA) is 12.0 Å². The molecule has 0 aliphatic carbocycles. The third-order valence-corrected chi connectivity index (χ3v) is 3.64. The monoisotopic (exact) mass is 285 g/mol. The fourth-order valence-corrected chi connectivity index (χ4v) is 2.34. The average molecular weight is 286 g/mol. The van der Waals surface area contributed by atoms with E-state index in [1.807, 2.05) is 0 Å². The summed E-state index contributed by atoms with van der Waals surface area (Å²) in [5.74, 6) is -0.198. The average Bonchev–Trinajstić information content (AvgIpc) is 2.29. The Labute approximate surface area is 121 Å². The van der Waals surface area contributed by atoms with Gasteiger partial charge >= 0.3 is 0 Å². The van der Waals surface area contributed by atoms with Crippen LogP contribution in [0.4, 0.5) is 4.39 Å². The Morgan fingerprint density at radius 3 is 2.53 bits per heavy atom. The number of aryl methyl sites for hydroxylation is 1. The smallest absolute Gasteiger partial charge is 0.127 e. The first kappa shape index (κ1) is 16.5. The van der Waals surface area contributed by atoms with E-state index in [0.29, 0.717) is 11.1 Å². The summed E-state index contributed by atoms with van der Waals surface area (Å²) in [6, 6.07) is 5.33. The summed E-state index contributed by atoms with van der Waals surface area (Å²) in [6.45, 7) is 9.83. The molecule has 0 amide bonds. The summed E-state index contributed by atoms with van der Waals surface area (Å²) in [4.78, 5) is 0. The number of hydrogen-bond acceptors (Lipinski definition) is 1. The van der Waals surface area contributed by atoms with Crippen LogP contribution < -0.4 is 5.32 Å². The van der Waals surface area contributed by atoms with Gasteiger partial charge < -0.3 is 5.32 Å². The Bertz CT molecular complexity index is 398. The number of hydrogen-bond donors (Lipinski definition) is 1. The zero-order valence-electron chi connectivity index (χ0n) is 12.4. The van der Waals surface area contributed by atoms with Crippen molar-refractivity contribution >= 4 is 11.6 Å². The van der Waals surface area contributed by atoms with E-state index in [1.54, 1.807) is 12.1 Å². The summed E-state index contributed by atoms with van der Waals surface area (Å²) < 4.78 is 13.7. The van der Waals surface area contributed by atoms with Gasteiger partial charge in [-0.15, -0.1) is 0 Å². The van der Waals surface area contributed by atoms with Gasteiger partial charge in [0.15, 0.2) is 0 Å². The van der Waals surface area contributed by atoms with Gasteiger partial charge in [0.1, 0.15) is 5.82 Å². The number of halogens is 2. The van der Waals surface area contributed by atoms with Crippen molar-refractivity contribution in [3.8, 4) is 0 Å².